The summed E-state index contributed by atoms with van der Waals surface area (Å²) in [4.78, 5) is 2.67. The zero-order valence-electron chi connectivity index (χ0n) is 29.9. The maximum atomic E-state index is 2.67. The third kappa shape index (κ3) is 4.19. The Kier molecular flexibility index (Phi) is 6.43. The number of anilines is 2. The van der Waals surface area contributed by atoms with E-state index in [4.69, 9.17) is 0 Å². The maximum Gasteiger partial charge on any atom is 0.0803 e. The van der Waals surface area contributed by atoms with Crippen molar-refractivity contribution in [3.8, 4) is 22.3 Å². The highest BCUT2D eigenvalue weighted by atomic mass is 15.2. The minimum atomic E-state index is -0.565. The van der Waals surface area contributed by atoms with Crippen molar-refractivity contribution in [2.24, 2.45) is 5.41 Å². The van der Waals surface area contributed by atoms with Gasteiger partial charge in [0, 0.05) is 17.7 Å². The van der Waals surface area contributed by atoms with E-state index in [0.717, 1.165) is 6.42 Å². The minimum Gasteiger partial charge on any atom is -0.311 e. The third-order valence-corrected chi connectivity index (χ3v) is 12.2. The fourth-order valence-electron chi connectivity index (χ4n) is 9.73. The van der Waals surface area contributed by atoms with E-state index in [1.165, 1.54) is 106 Å². The summed E-state index contributed by atoms with van der Waals surface area (Å²) in [5, 5.41) is 0. The molecule has 0 aliphatic heterocycles. The van der Waals surface area contributed by atoms with E-state index in [-0.39, 0.29) is 0 Å². The molecule has 1 unspecified atom stereocenters. The lowest BCUT2D eigenvalue weighted by molar-refractivity contribution is 0.676. The van der Waals surface area contributed by atoms with Gasteiger partial charge in [-0.25, -0.2) is 0 Å². The van der Waals surface area contributed by atoms with E-state index in [1.54, 1.807) is 0 Å². The average molecular weight is 676 g/mol. The number of fused-ring (bicyclic) bond motifs is 11. The highest BCUT2D eigenvalue weighted by Crippen LogP contribution is 2.64. The van der Waals surface area contributed by atoms with Crippen LogP contribution in [0.3, 0.4) is 0 Å². The number of para-hydroxylation sites is 1. The molecule has 0 N–H and O–H groups in total. The number of hydrogen-bond donors (Lipinski definition) is 0. The summed E-state index contributed by atoms with van der Waals surface area (Å²) in [7, 11) is 0. The molecule has 1 heteroatoms. The van der Waals surface area contributed by atoms with E-state index >= 15 is 0 Å². The van der Waals surface area contributed by atoms with Crippen molar-refractivity contribution in [1.82, 2.24) is 0 Å². The molecule has 0 fully saturated rings. The Balaban J connectivity index is 1.26. The van der Waals surface area contributed by atoms with Gasteiger partial charge in [0.2, 0.25) is 0 Å². The van der Waals surface area contributed by atoms with Gasteiger partial charge in [0.05, 0.1) is 16.8 Å². The molecule has 1 atom stereocenters. The highest BCUT2D eigenvalue weighted by Gasteiger charge is 2.51. The van der Waals surface area contributed by atoms with E-state index < -0.39 is 5.41 Å². The maximum absolute atomic E-state index is 2.67. The number of allylic oxidation sites excluding steroid dienone is 7. The van der Waals surface area contributed by atoms with E-state index in [9.17, 15) is 0 Å². The van der Waals surface area contributed by atoms with Gasteiger partial charge in [-0.15, -0.1) is 0 Å². The van der Waals surface area contributed by atoms with Crippen molar-refractivity contribution in [3.05, 3.63) is 225 Å². The van der Waals surface area contributed by atoms with Gasteiger partial charge >= 0.3 is 0 Å². The second kappa shape index (κ2) is 11.3. The molecule has 6 aromatic carbocycles. The molecular weight excluding hydrogens is 639 g/mol. The van der Waals surface area contributed by atoms with Crippen LogP contribution in [0.5, 0.6) is 0 Å². The molecular formula is C52H37N. The number of aryl methyl sites for hydroxylation is 1. The molecule has 11 rings (SSSR count). The summed E-state index contributed by atoms with van der Waals surface area (Å²) in [6.45, 7) is 4.62. The van der Waals surface area contributed by atoms with Gasteiger partial charge in [-0.05, 0) is 122 Å². The lowest BCUT2D eigenvalue weighted by Gasteiger charge is -2.47. The van der Waals surface area contributed by atoms with Crippen LogP contribution in [0.2, 0.25) is 0 Å². The van der Waals surface area contributed by atoms with E-state index in [0.29, 0.717) is 0 Å². The van der Waals surface area contributed by atoms with Crippen molar-refractivity contribution in [3.63, 3.8) is 0 Å². The third-order valence-electron chi connectivity index (χ3n) is 12.2. The summed E-state index contributed by atoms with van der Waals surface area (Å²) in [6, 6.07) is 49.2. The van der Waals surface area contributed by atoms with Crippen molar-refractivity contribution < 1.29 is 0 Å². The number of rotatable bonds is 4. The molecule has 1 spiro atoms. The predicted molar refractivity (Wildman–Crippen MR) is 223 cm³/mol. The van der Waals surface area contributed by atoms with Gasteiger partial charge in [0.25, 0.3) is 0 Å². The molecule has 5 aliphatic carbocycles. The number of benzene rings is 6. The van der Waals surface area contributed by atoms with Crippen molar-refractivity contribution >= 4 is 34.7 Å². The lowest BCUT2D eigenvalue weighted by Crippen LogP contribution is -2.38. The second-order valence-electron chi connectivity index (χ2n) is 14.9. The number of hydrogen-bond acceptors (Lipinski definition) is 1. The molecule has 1 nitrogen and oxygen atoms in total. The van der Waals surface area contributed by atoms with Gasteiger partial charge in [0.1, 0.15) is 0 Å². The van der Waals surface area contributed by atoms with Gasteiger partial charge in [-0.3, -0.25) is 0 Å². The van der Waals surface area contributed by atoms with E-state index in [1.807, 2.05) is 0 Å². The van der Waals surface area contributed by atoms with Gasteiger partial charge in [0.15, 0.2) is 0 Å². The predicted octanol–water partition coefficient (Wildman–Crippen LogP) is 13.1. The average Bonchev–Trinajstić information content (AvgIpc) is 3.90. The minimum absolute atomic E-state index is 0.565. The van der Waals surface area contributed by atoms with Crippen LogP contribution in [-0.4, -0.2) is 0 Å². The quantitative estimate of drug-likeness (QED) is 0.179. The Labute approximate surface area is 311 Å². The molecule has 0 radical (unpaired) electrons. The first-order chi connectivity index (χ1) is 26.1. The zero-order chi connectivity index (χ0) is 35.3. The van der Waals surface area contributed by atoms with Gasteiger partial charge < -0.3 is 4.90 Å². The van der Waals surface area contributed by atoms with Crippen molar-refractivity contribution in [2.75, 3.05) is 4.90 Å². The molecule has 0 saturated carbocycles. The molecule has 0 saturated heterocycles. The van der Waals surface area contributed by atoms with Crippen LogP contribution in [0, 0.1) is 19.3 Å². The lowest BCUT2D eigenvalue weighted by atomic mass is 9.63. The van der Waals surface area contributed by atoms with Crippen molar-refractivity contribution in [1.29, 1.82) is 0 Å². The Bertz CT molecular complexity index is 2740. The summed E-state index contributed by atoms with van der Waals surface area (Å²) >= 11 is 0. The molecule has 53 heavy (non-hydrogen) atoms. The zero-order valence-corrected chi connectivity index (χ0v) is 29.9. The highest BCUT2D eigenvalue weighted by molar-refractivity contribution is 6.07. The first-order valence-corrected chi connectivity index (χ1v) is 18.7. The smallest absolute Gasteiger partial charge is 0.0803 e. The van der Waals surface area contributed by atoms with Crippen LogP contribution >= 0.6 is 0 Å². The Morgan fingerprint density at radius 2 is 1.15 bits per heavy atom. The first kappa shape index (κ1) is 30.2. The Morgan fingerprint density at radius 3 is 1.89 bits per heavy atom. The monoisotopic (exact) mass is 675 g/mol. The largest absolute Gasteiger partial charge is 0.311 e. The molecule has 6 aromatic rings. The topological polar surface area (TPSA) is 3.24 Å². The SMILES string of the molecule is Cc1cc2c(c(N(C3=CC=C4C(=Cc5ccccc54)C34C=CC=C3C4=Cc4ccccc43)c3ccccc3-c3ccccc3)c1C)Cc1ccccc1-2. The molecule has 5 aliphatic rings. The van der Waals surface area contributed by atoms with Crippen LogP contribution in [0.15, 0.2) is 181 Å². The fourth-order valence-corrected chi connectivity index (χ4v) is 9.73. The fraction of sp³-hybridized carbons (Fsp3) is 0.0769. The summed E-state index contributed by atoms with van der Waals surface area (Å²) in [6.07, 6.45) is 17.8. The van der Waals surface area contributed by atoms with Crippen LogP contribution in [0.1, 0.15) is 44.5 Å². The summed E-state index contributed by atoms with van der Waals surface area (Å²) in [5.74, 6) is 0. The Hall–Kier alpha value is -6.44. The number of nitrogens with zero attached hydrogens (tertiary/aromatic N) is 1. The van der Waals surface area contributed by atoms with Crippen LogP contribution in [0.4, 0.5) is 11.4 Å². The molecule has 0 aromatic heterocycles. The normalized spacial score (nSPS) is 18.1. The second-order valence-corrected chi connectivity index (χ2v) is 14.9. The van der Waals surface area contributed by atoms with Crippen LogP contribution < -0.4 is 4.90 Å². The van der Waals surface area contributed by atoms with Gasteiger partial charge in [-0.2, -0.15) is 0 Å². The Morgan fingerprint density at radius 1 is 0.547 bits per heavy atom. The first-order valence-electron chi connectivity index (χ1n) is 18.7. The summed E-state index contributed by atoms with van der Waals surface area (Å²) in [5.41, 5.74) is 24.1. The van der Waals surface area contributed by atoms with Crippen LogP contribution in [0.25, 0.3) is 45.6 Å². The van der Waals surface area contributed by atoms with Crippen LogP contribution in [-0.2, 0) is 6.42 Å². The molecule has 0 bridgehead atoms. The molecule has 250 valence electrons. The van der Waals surface area contributed by atoms with E-state index in [2.05, 4.69) is 195 Å². The summed E-state index contributed by atoms with van der Waals surface area (Å²) < 4.78 is 0. The molecule has 0 heterocycles. The molecule has 0 amide bonds. The van der Waals surface area contributed by atoms with Gasteiger partial charge in [-0.1, -0.05) is 152 Å². The standard InChI is InChI=1S/C52H37N/c1-33-29-45-41-22-11-6-17-36(41)30-46(45)51(34(33)2)53(49-25-13-12-23-42(49)35-15-4-3-5-16-35)50-27-26-44-40-21-10-8-19-38(40)32-48(44)52(50)28-14-24-43-39-20-9-7-18-37(39)31-47(43)52/h3-29,31-32H,30H2,1-2H3. The van der Waals surface area contributed by atoms with Crippen molar-refractivity contribution in [2.45, 2.75) is 20.3 Å².